The van der Waals surface area contributed by atoms with Gasteiger partial charge in [0.1, 0.15) is 23.9 Å². The van der Waals surface area contributed by atoms with Crippen LogP contribution >= 0.6 is 0 Å². The molecule has 1 heterocycles. The number of aliphatic hydroxyl groups is 1. The highest BCUT2D eigenvalue weighted by molar-refractivity contribution is 5.94. The van der Waals surface area contributed by atoms with E-state index in [9.17, 15) is 39.3 Å². The van der Waals surface area contributed by atoms with Crippen molar-refractivity contribution in [3.63, 3.8) is 0 Å². The number of phenolic OH excluding ortho intramolecular Hbond substituents is 1. The SMILES string of the molecule is NC(CCC(=O)O)C(=O)NC(CO)C(=O)NC(Cc1cnc[nH]1)C(=O)NC(Cc1ccc(O)cc1)C(=O)O. The zero-order chi connectivity index (χ0) is 28.2. The number of phenols is 1. The summed E-state index contributed by atoms with van der Waals surface area (Å²) in [4.78, 5) is 67.2. The number of rotatable bonds is 15. The Labute approximate surface area is 216 Å². The summed E-state index contributed by atoms with van der Waals surface area (Å²) in [7, 11) is 0. The van der Waals surface area contributed by atoms with Crippen LogP contribution in [0.1, 0.15) is 24.1 Å². The molecule has 1 aromatic heterocycles. The molecule has 0 aliphatic carbocycles. The molecular formula is C23H30N6O9. The minimum Gasteiger partial charge on any atom is -0.508 e. The van der Waals surface area contributed by atoms with E-state index in [1.165, 1.54) is 36.8 Å². The first-order valence-corrected chi connectivity index (χ1v) is 11.5. The highest BCUT2D eigenvalue weighted by Crippen LogP contribution is 2.12. The maximum absolute atomic E-state index is 13.1. The van der Waals surface area contributed by atoms with Crippen LogP contribution in [0.25, 0.3) is 0 Å². The lowest BCUT2D eigenvalue weighted by atomic mass is 10.0. The van der Waals surface area contributed by atoms with Crippen LogP contribution in [0.4, 0.5) is 0 Å². The van der Waals surface area contributed by atoms with Crippen molar-refractivity contribution < 1.29 is 44.4 Å². The molecule has 0 bridgehead atoms. The Balaban J connectivity index is 2.12. The van der Waals surface area contributed by atoms with Gasteiger partial charge in [0.25, 0.3) is 0 Å². The van der Waals surface area contributed by atoms with Crippen LogP contribution in [0.3, 0.4) is 0 Å². The first kappa shape index (κ1) is 29.7. The van der Waals surface area contributed by atoms with Gasteiger partial charge in [0, 0.05) is 31.2 Å². The maximum atomic E-state index is 13.1. The number of aliphatic hydroxyl groups excluding tert-OH is 1. The molecule has 1 aromatic carbocycles. The third-order valence-electron chi connectivity index (χ3n) is 5.42. The van der Waals surface area contributed by atoms with Gasteiger partial charge in [0.05, 0.1) is 19.0 Å². The van der Waals surface area contributed by atoms with Crippen molar-refractivity contribution in [2.45, 2.75) is 49.9 Å². The number of hydrogen-bond donors (Lipinski definition) is 9. The molecule has 0 saturated carbocycles. The zero-order valence-corrected chi connectivity index (χ0v) is 20.2. The topological polar surface area (TPSA) is 257 Å². The fourth-order valence-corrected chi connectivity index (χ4v) is 3.32. The van der Waals surface area contributed by atoms with Crippen molar-refractivity contribution in [1.82, 2.24) is 25.9 Å². The number of aromatic nitrogens is 2. The summed E-state index contributed by atoms with van der Waals surface area (Å²) in [5.41, 5.74) is 6.58. The summed E-state index contributed by atoms with van der Waals surface area (Å²) >= 11 is 0. The second-order valence-corrected chi connectivity index (χ2v) is 8.39. The van der Waals surface area contributed by atoms with E-state index in [1.54, 1.807) is 0 Å². The molecule has 3 amide bonds. The molecule has 4 unspecified atom stereocenters. The summed E-state index contributed by atoms with van der Waals surface area (Å²) in [6.45, 7) is -0.861. The van der Waals surface area contributed by atoms with E-state index in [0.29, 0.717) is 11.3 Å². The van der Waals surface area contributed by atoms with Gasteiger partial charge in [-0.3, -0.25) is 19.2 Å². The number of aromatic hydroxyl groups is 1. The number of nitrogens with zero attached hydrogens (tertiary/aromatic N) is 1. The van der Waals surface area contributed by atoms with Gasteiger partial charge in [0.15, 0.2) is 0 Å². The molecule has 15 nitrogen and oxygen atoms in total. The summed E-state index contributed by atoms with van der Waals surface area (Å²) in [5, 5.41) is 44.3. The standard InChI is InChI=1S/C23H30N6O9/c24-15(5-6-19(32)33)20(34)29-18(10-30)22(36)27-16(8-13-9-25-11-26-13)21(35)28-17(23(37)38)7-12-1-3-14(31)4-2-12/h1-4,9,11,15-18,30-31H,5-8,10,24H2,(H,25,26)(H,27,36)(H,28,35)(H,29,34)(H,32,33)(H,37,38). The van der Waals surface area contributed by atoms with Gasteiger partial charge in [-0.2, -0.15) is 0 Å². The van der Waals surface area contributed by atoms with E-state index in [-0.39, 0.29) is 31.4 Å². The van der Waals surface area contributed by atoms with Gasteiger partial charge in [-0.05, 0) is 24.1 Å². The first-order chi connectivity index (χ1) is 18.0. The van der Waals surface area contributed by atoms with Crippen LogP contribution in [0.15, 0.2) is 36.8 Å². The number of nitrogens with one attached hydrogen (secondary N) is 4. The van der Waals surface area contributed by atoms with Gasteiger partial charge in [-0.25, -0.2) is 9.78 Å². The number of amides is 3. The maximum Gasteiger partial charge on any atom is 0.326 e. The predicted molar refractivity (Wildman–Crippen MR) is 129 cm³/mol. The molecule has 206 valence electrons. The van der Waals surface area contributed by atoms with Crippen LogP contribution in [0, 0.1) is 0 Å². The summed E-state index contributed by atoms with van der Waals surface area (Å²) in [6, 6.07) is 0.233. The third kappa shape index (κ3) is 9.51. The first-order valence-electron chi connectivity index (χ1n) is 11.5. The number of carbonyl (C=O) groups excluding carboxylic acids is 3. The van der Waals surface area contributed by atoms with Crippen LogP contribution in [0.5, 0.6) is 5.75 Å². The molecule has 0 aliphatic heterocycles. The Morgan fingerprint density at radius 2 is 1.50 bits per heavy atom. The van der Waals surface area contributed by atoms with Crippen LogP contribution < -0.4 is 21.7 Å². The number of carboxylic acid groups (broad SMARTS) is 2. The van der Waals surface area contributed by atoms with E-state index in [0.717, 1.165) is 0 Å². The summed E-state index contributed by atoms with van der Waals surface area (Å²) in [6.07, 6.45) is 1.90. The van der Waals surface area contributed by atoms with Crippen molar-refractivity contribution in [2.24, 2.45) is 5.73 Å². The van der Waals surface area contributed by atoms with Crippen molar-refractivity contribution in [2.75, 3.05) is 6.61 Å². The number of hydrogen-bond acceptors (Lipinski definition) is 9. The number of nitrogens with two attached hydrogens (primary N) is 1. The monoisotopic (exact) mass is 534 g/mol. The fraction of sp³-hybridized carbons (Fsp3) is 0.391. The second-order valence-electron chi connectivity index (χ2n) is 8.39. The Hall–Kier alpha value is -4.50. The Morgan fingerprint density at radius 3 is 2.05 bits per heavy atom. The summed E-state index contributed by atoms with van der Waals surface area (Å²) in [5.74, 6) is -5.22. The van der Waals surface area contributed by atoms with E-state index >= 15 is 0 Å². The number of carbonyl (C=O) groups is 5. The molecule has 2 aromatic rings. The van der Waals surface area contributed by atoms with Crippen molar-refractivity contribution >= 4 is 29.7 Å². The molecule has 10 N–H and O–H groups in total. The largest absolute Gasteiger partial charge is 0.508 e. The average Bonchev–Trinajstić information content (AvgIpc) is 3.39. The van der Waals surface area contributed by atoms with Crippen molar-refractivity contribution in [3.05, 3.63) is 48.0 Å². The fourth-order valence-electron chi connectivity index (χ4n) is 3.32. The Kier molecular flexibility index (Phi) is 11.2. The molecular weight excluding hydrogens is 504 g/mol. The quantitative estimate of drug-likeness (QED) is 0.117. The molecule has 0 fully saturated rings. The van der Waals surface area contributed by atoms with Gasteiger partial charge < -0.3 is 47.1 Å². The average molecular weight is 535 g/mol. The number of aliphatic carboxylic acids is 2. The lowest BCUT2D eigenvalue weighted by molar-refractivity contribution is -0.142. The molecule has 0 radical (unpaired) electrons. The highest BCUT2D eigenvalue weighted by atomic mass is 16.4. The lowest BCUT2D eigenvalue weighted by Gasteiger charge is -2.24. The van der Waals surface area contributed by atoms with Crippen LogP contribution in [-0.4, -0.2) is 90.8 Å². The van der Waals surface area contributed by atoms with Crippen LogP contribution in [0.2, 0.25) is 0 Å². The van der Waals surface area contributed by atoms with Crippen molar-refractivity contribution in [1.29, 1.82) is 0 Å². The van der Waals surface area contributed by atoms with Gasteiger partial charge in [-0.15, -0.1) is 0 Å². The Bertz CT molecular complexity index is 1110. The highest BCUT2D eigenvalue weighted by Gasteiger charge is 2.30. The number of benzene rings is 1. The number of imidazole rings is 1. The molecule has 0 saturated heterocycles. The number of carboxylic acids is 2. The molecule has 38 heavy (non-hydrogen) atoms. The van der Waals surface area contributed by atoms with E-state index in [1.807, 2.05) is 0 Å². The lowest BCUT2D eigenvalue weighted by Crippen LogP contribution is -2.58. The molecule has 0 spiro atoms. The van der Waals surface area contributed by atoms with Gasteiger partial charge >= 0.3 is 11.9 Å². The second kappa shape index (κ2) is 14.3. The van der Waals surface area contributed by atoms with Crippen LogP contribution in [-0.2, 0) is 36.8 Å². The zero-order valence-electron chi connectivity index (χ0n) is 20.2. The minimum absolute atomic E-state index is 0.0136. The Morgan fingerprint density at radius 1 is 0.895 bits per heavy atom. The smallest absolute Gasteiger partial charge is 0.326 e. The molecule has 2 rings (SSSR count). The molecule has 0 aliphatic rings. The van der Waals surface area contributed by atoms with E-state index in [2.05, 4.69) is 25.9 Å². The number of H-pyrrole nitrogens is 1. The van der Waals surface area contributed by atoms with E-state index < -0.39 is 60.4 Å². The summed E-state index contributed by atoms with van der Waals surface area (Å²) < 4.78 is 0. The predicted octanol–water partition coefficient (Wildman–Crippen LogP) is -2.38. The minimum atomic E-state index is -1.53. The van der Waals surface area contributed by atoms with Crippen molar-refractivity contribution in [3.8, 4) is 5.75 Å². The van der Waals surface area contributed by atoms with Gasteiger partial charge in [-0.1, -0.05) is 12.1 Å². The van der Waals surface area contributed by atoms with Gasteiger partial charge in [0.2, 0.25) is 17.7 Å². The number of aromatic amines is 1. The molecule has 15 heteroatoms. The normalized spacial score (nSPS) is 13.9. The molecule has 4 atom stereocenters. The third-order valence-corrected chi connectivity index (χ3v) is 5.42. The van der Waals surface area contributed by atoms with E-state index in [4.69, 9.17) is 10.8 Å².